The van der Waals surface area contributed by atoms with Crippen molar-refractivity contribution < 1.29 is 9.18 Å². The fourth-order valence-electron chi connectivity index (χ4n) is 1.78. The van der Waals surface area contributed by atoms with E-state index in [9.17, 15) is 14.0 Å². The van der Waals surface area contributed by atoms with E-state index < -0.39 is 23.3 Å². The fourth-order valence-corrected chi connectivity index (χ4v) is 1.78. The molecule has 0 saturated heterocycles. The molecule has 0 fully saturated rings. The first kappa shape index (κ1) is 13.0. The molecule has 98 valence electrons. The van der Waals surface area contributed by atoms with Crippen LogP contribution in [0, 0.1) is 5.82 Å². The Morgan fingerprint density at radius 2 is 2.00 bits per heavy atom. The van der Waals surface area contributed by atoms with Crippen LogP contribution in [0.3, 0.4) is 0 Å². The Morgan fingerprint density at radius 3 is 2.68 bits per heavy atom. The average Bonchev–Trinajstić information content (AvgIpc) is 2.39. The number of carbonyl (C=O) groups excluding carboxylic acids is 1. The zero-order valence-corrected chi connectivity index (χ0v) is 10.3. The maximum Gasteiger partial charge on any atom is 0.260 e. The van der Waals surface area contributed by atoms with Gasteiger partial charge >= 0.3 is 0 Å². The summed E-state index contributed by atoms with van der Waals surface area (Å²) >= 11 is 0. The van der Waals surface area contributed by atoms with Gasteiger partial charge in [0.25, 0.3) is 11.5 Å². The Balaban J connectivity index is 2.18. The van der Waals surface area contributed by atoms with Crippen molar-refractivity contribution in [3.63, 3.8) is 0 Å². The summed E-state index contributed by atoms with van der Waals surface area (Å²) in [4.78, 5) is 25.8. The predicted octanol–water partition coefficient (Wildman–Crippen LogP) is 2.00. The highest BCUT2D eigenvalue weighted by Gasteiger charge is 2.15. The quantitative estimate of drug-likeness (QED) is 0.886. The highest BCUT2D eigenvalue weighted by atomic mass is 19.1. The number of benzene rings is 1. The minimum atomic E-state index is -0.530. The van der Waals surface area contributed by atoms with Crippen molar-refractivity contribution in [3.8, 4) is 0 Å². The summed E-state index contributed by atoms with van der Waals surface area (Å²) in [6.45, 7) is 1.66. The van der Waals surface area contributed by atoms with E-state index in [1.165, 1.54) is 18.3 Å². The van der Waals surface area contributed by atoms with Crippen LogP contribution in [0.15, 0.2) is 47.4 Å². The molecule has 0 radical (unpaired) electrons. The summed E-state index contributed by atoms with van der Waals surface area (Å²) in [5.74, 6) is -0.921. The van der Waals surface area contributed by atoms with E-state index in [1.807, 2.05) is 0 Å². The topological polar surface area (TPSA) is 62.0 Å². The molecule has 5 heteroatoms. The van der Waals surface area contributed by atoms with Crippen LogP contribution in [-0.4, -0.2) is 10.9 Å². The lowest BCUT2D eigenvalue weighted by molar-refractivity contribution is 0.0938. The van der Waals surface area contributed by atoms with E-state index in [1.54, 1.807) is 31.2 Å². The van der Waals surface area contributed by atoms with Crippen LogP contribution in [0.2, 0.25) is 0 Å². The zero-order valence-electron chi connectivity index (χ0n) is 10.3. The van der Waals surface area contributed by atoms with Crippen molar-refractivity contribution in [1.82, 2.24) is 10.3 Å². The molecule has 0 spiro atoms. The van der Waals surface area contributed by atoms with E-state index in [4.69, 9.17) is 0 Å². The molecular formula is C14H13FN2O2. The number of aromatic amines is 1. The van der Waals surface area contributed by atoms with E-state index in [-0.39, 0.29) is 5.56 Å². The van der Waals surface area contributed by atoms with Crippen LogP contribution < -0.4 is 10.9 Å². The van der Waals surface area contributed by atoms with Crippen molar-refractivity contribution in [3.05, 3.63) is 69.9 Å². The maximum absolute atomic E-state index is 13.6. The third kappa shape index (κ3) is 2.88. The second-order valence-corrected chi connectivity index (χ2v) is 4.13. The first-order chi connectivity index (χ1) is 9.09. The van der Waals surface area contributed by atoms with Crippen LogP contribution in [0.5, 0.6) is 0 Å². The summed E-state index contributed by atoms with van der Waals surface area (Å²) in [5.41, 5.74) is -0.0883. The third-order valence-corrected chi connectivity index (χ3v) is 2.78. The van der Waals surface area contributed by atoms with Gasteiger partial charge in [-0.1, -0.05) is 18.2 Å². The lowest BCUT2D eigenvalue weighted by Gasteiger charge is -2.14. The summed E-state index contributed by atoms with van der Waals surface area (Å²) in [6.07, 6.45) is 1.44. The zero-order chi connectivity index (χ0) is 13.8. The van der Waals surface area contributed by atoms with Crippen molar-refractivity contribution in [2.45, 2.75) is 13.0 Å². The number of aromatic nitrogens is 1. The number of hydrogen-bond acceptors (Lipinski definition) is 2. The highest BCUT2D eigenvalue weighted by molar-refractivity contribution is 5.93. The normalized spacial score (nSPS) is 11.9. The van der Waals surface area contributed by atoms with Crippen LogP contribution in [0.25, 0.3) is 0 Å². The predicted molar refractivity (Wildman–Crippen MR) is 69.3 cm³/mol. The number of halogens is 1. The average molecular weight is 260 g/mol. The lowest BCUT2D eigenvalue weighted by Crippen LogP contribution is -2.31. The molecule has 19 heavy (non-hydrogen) atoms. The number of rotatable bonds is 3. The molecule has 1 amide bonds. The first-order valence-corrected chi connectivity index (χ1v) is 5.82. The SMILES string of the molecule is CC(NC(=O)c1ccc[nH]c1=O)c1ccccc1F. The molecule has 0 aliphatic rings. The monoisotopic (exact) mass is 260 g/mol. The third-order valence-electron chi connectivity index (χ3n) is 2.78. The maximum atomic E-state index is 13.6. The standard InChI is InChI=1S/C14H13FN2O2/c1-9(10-5-2-3-7-12(10)15)17-14(19)11-6-4-8-16-13(11)18/h2-9H,1H3,(H,16,18)(H,17,19). The molecule has 4 nitrogen and oxygen atoms in total. The summed E-state index contributed by atoms with van der Waals surface area (Å²) in [6, 6.07) is 8.65. The molecule has 0 saturated carbocycles. The molecule has 2 N–H and O–H groups in total. The summed E-state index contributed by atoms with van der Waals surface area (Å²) in [7, 11) is 0. The minimum Gasteiger partial charge on any atom is -0.345 e. The number of pyridine rings is 1. The van der Waals surface area contributed by atoms with Gasteiger partial charge in [0.05, 0.1) is 6.04 Å². The largest absolute Gasteiger partial charge is 0.345 e. The molecule has 2 rings (SSSR count). The Morgan fingerprint density at radius 1 is 1.26 bits per heavy atom. The van der Waals surface area contributed by atoms with Crippen LogP contribution in [0.1, 0.15) is 28.9 Å². The molecule has 0 aliphatic heterocycles. The van der Waals surface area contributed by atoms with Gasteiger partial charge in [-0.05, 0) is 25.1 Å². The van der Waals surface area contributed by atoms with E-state index in [0.717, 1.165) is 0 Å². The van der Waals surface area contributed by atoms with E-state index >= 15 is 0 Å². The van der Waals surface area contributed by atoms with Gasteiger partial charge in [-0.3, -0.25) is 9.59 Å². The smallest absolute Gasteiger partial charge is 0.260 e. The molecule has 1 aromatic carbocycles. The van der Waals surface area contributed by atoms with Crippen molar-refractivity contribution in [2.75, 3.05) is 0 Å². The number of carbonyl (C=O) groups is 1. The Hall–Kier alpha value is -2.43. The second-order valence-electron chi connectivity index (χ2n) is 4.13. The molecule has 0 aliphatic carbocycles. The van der Waals surface area contributed by atoms with E-state index in [2.05, 4.69) is 10.3 Å². The molecule has 0 bridgehead atoms. The van der Waals surface area contributed by atoms with Gasteiger partial charge < -0.3 is 10.3 Å². The summed E-state index contributed by atoms with van der Waals surface area (Å²) < 4.78 is 13.6. The van der Waals surface area contributed by atoms with Crippen LogP contribution in [-0.2, 0) is 0 Å². The lowest BCUT2D eigenvalue weighted by atomic mass is 10.1. The van der Waals surface area contributed by atoms with Gasteiger partial charge in [-0.25, -0.2) is 4.39 Å². The van der Waals surface area contributed by atoms with E-state index in [0.29, 0.717) is 5.56 Å². The molecular weight excluding hydrogens is 247 g/mol. The number of H-pyrrole nitrogens is 1. The number of amides is 1. The van der Waals surface area contributed by atoms with Gasteiger partial charge in [0.15, 0.2) is 0 Å². The Kier molecular flexibility index (Phi) is 3.75. The molecule has 1 heterocycles. The molecule has 1 aromatic heterocycles. The molecule has 1 unspecified atom stereocenters. The minimum absolute atomic E-state index is 0.00527. The number of hydrogen-bond donors (Lipinski definition) is 2. The van der Waals surface area contributed by atoms with Crippen molar-refractivity contribution in [2.24, 2.45) is 0 Å². The van der Waals surface area contributed by atoms with Gasteiger partial charge in [0.1, 0.15) is 11.4 Å². The van der Waals surface area contributed by atoms with Crippen molar-refractivity contribution >= 4 is 5.91 Å². The number of nitrogens with one attached hydrogen (secondary N) is 2. The molecule has 1 atom stereocenters. The van der Waals surface area contributed by atoms with Crippen molar-refractivity contribution in [1.29, 1.82) is 0 Å². The van der Waals surface area contributed by atoms with Crippen LogP contribution >= 0.6 is 0 Å². The van der Waals surface area contributed by atoms with Gasteiger partial charge in [0.2, 0.25) is 0 Å². The molecule has 2 aromatic rings. The van der Waals surface area contributed by atoms with Gasteiger partial charge in [-0.15, -0.1) is 0 Å². The Bertz CT molecular complexity index is 652. The second kappa shape index (κ2) is 5.48. The highest BCUT2D eigenvalue weighted by Crippen LogP contribution is 2.16. The summed E-state index contributed by atoms with van der Waals surface area (Å²) in [5, 5.41) is 2.60. The van der Waals surface area contributed by atoms with Gasteiger partial charge in [-0.2, -0.15) is 0 Å². The van der Waals surface area contributed by atoms with Crippen LogP contribution in [0.4, 0.5) is 4.39 Å². The fraction of sp³-hybridized carbons (Fsp3) is 0.143. The first-order valence-electron chi connectivity index (χ1n) is 5.82. The Labute approximate surface area is 109 Å². The van der Waals surface area contributed by atoms with Gasteiger partial charge in [0, 0.05) is 11.8 Å².